The molecule has 1 N–H and O–H groups in total. The second-order valence-corrected chi connectivity index (χ2v) is 3.54. The number of Topliss-reactive ketones (excluding diaryl/α,β-unsaturated/α-hetero) is 1. The van der Waals surface area contributed by atoms with Crippen molar-refractivity contribution in [2.75, 3.05) is 7.11 Å². The van der Waals surface area contributed by atoms with Gasteiger partial charge in [0, 0.05) is 5.56 Å². The van der Waals surface area contributed by atoms with E-state index in [2.05, 4.69) is 0 Å². The normalized spacial score (nSPS) is 9.94. The van der Waals surface area contributed by atoms with E-state index in [1.807, 2.05) is 6.92 Å². The molecule has 0 fully saturated rings. The number of hydrogen-bond acceptors (Lipinski definition) is 3. The molecule has 0 amide bonds. The number of ether oxygens (including phenoxy) is 1. The topological polar surface area (TPSA) is 63.6 Å². The summed E-state index contributed by atoms with van der Waals surface area (Å²) in [7, 11) is 1.46. The fourth-order valence-electron chi connectivity index (χ4n) is 1.37. The van der Waals surface area contributed by atoms with Gasteiger partial charge in [-0.15, -0.1) is 0 Å². The standard InChI is InChI=1S/C11H11ClO4/c1-3-6-4-9(16-2)8(12)5-7(6)10(13)11(14)15/h4-5H,3H2,1-2H3,(H,14,15). The first-order valence-corrected chi connectivity index (χ1v) is 5.03. The first-order chi connectivity index (χ1) is 7.51. The maximum atomic E-state index is 11.4. The number of benzene rings is 1. The number of carboxylic acid groups (broad SMARTS) is 1. The summed E-state index contributed by atoms with van der Waals surface area (Å²) in [4.78, 5) is 22.0. The molecule has 0 aromatic heterocycles. The molecular formula is C11H11ClO4. The van der Waals surface area contributed by atoms with Crippen LogP contribution in [0.25, 0.3) is 0 Å². The predicted molar refractivity (Wildman–Crippen MR) is 59.3 cm³/mol. The van der Waals surface area contributed by atoms with Crippen LogP contribution in [0.3, 0.4) is 0 Å². The van der Waals surface area contributed by atoms with Gasteiger partial charge in [-0.05, 0) is 24.1 Å². The van der Waals surface area contributed by atoms with Crippen molar-refractivity contribution in [1.29, 1.82) is 0 Å². The molecule has 1 aromatic carbocycles. The minimum absolute atomic E-state index is 0.112. The number of rotatable bonds is 4. The molecule has 0 aliphatic heterocycles. The Bertz CT molecular complexity index is 440. The summed E-state index contributed by atoms with van der Waals surface area (Å²) >= 11 is 5.84. The van der Waals surface area contributed by atoms with Crippen LogP contribution >= 0.6 is 11.6 Å². The minimum atomic E-state index is -1.49. The summed E-state index contributed by atoms with van der Waals surface area (Å²) in [6, 6.07) is 2.91. The molecule has 0 bridgehead atoms. The highest BCUT2D eigenvalue weighted by Crippen LogP contribution is 2.28. The van der Waals surface area contributed by atoms with Crippen LogP contribution in [0.15, 0.2) is 12.1 Å². The van der Waals surface area contributed by atoms with Crippen molar-refractivity contribution < 1.29 is 19.4 Å². The summed E-state index contributed by atoms with van der Waals surface area (Å²) in [5.41, 5.74) is 0.717. The van der Waals surface area contributed by atoms with Gasteiger partial charge < -0.3 is 9.84 Å². The predicted octanol–water partition coefficient (Wildman–Crippen LogP) is 2.18. The van der Waals surface area contributed by atoms with Crippen LogP contribution in [0.1, 0.15) is 22.8 Å². The van der Waals surface area contributed by atoms with Gasteiger partial charge in [0.15, 0.2) is 0 Å². The third kappa shape index (κ3) is 2.33. The monoisotopic (exact) mass is 242 g/mol. The highest BCUT2D eigenvalue weighted by Gasteiger charge is 2.19. The largest absolute Gasteiger partial charge is 0.495 e. The van der Waals surface area contributed by atoms with Gasteiger partial charge in [0.05, 0.1) is 12.1 Å². The molecule has 0 heterocycles. The third-order valence-corrected chi connectivity index (χ3v) is 2.49. The smallest absolute Gasteiger partial charge is 0.377 e. The Morgan fingerprint density at radius 1 is 1.44 bits per heavy atom. The van der Waals surface area contributed by atoms with Crippen LogP contribution in [0.5, 0.6) is 5.75 Å². The molecule has 1 rings (SSSR count). The van der Waals surface area contributed by atoms with Crippen molar-refractivity contribution in [3.8, 4) is 5.75 Å². The van der Waals surface area contributed by atoms with E-state index in [-0.39, 0.29) is 10.6 Å². The lowest BCUT2D eigenvalue weighted by Gasteiger charge is -2.09. The number of methoxy groups -OCH3 is 1. The summed E-state index contributed by atoms with van der Waals surface area (Å²) in [5, 5.41) is 8.88. The number of carboxylic acids is 1. The second kappa shape index (κ2) is 4.99. The Kier molecular flexibility index (Phi) is 3.90. The minimum Gasteiger partial charge on any atom is -0.495 e. The maximum Gasteiger partial charge on any atom is 0.377 e. The van der Waals surface area contributed by atoms with Gasteiger partial charge in [-0.3, -0.25) is 4.79 Å². The zero-order valence-corrected chi connectivity index (χ0v) is 9.67. The molecule has 16 heavy (non-hydrogen) atoms. The number of carbonyl (C=O) groups excluding carboxylic acids is 1. The van der Waals surface area contributed by atoms with Gasteiger partial charge in [-0.25, -0.2) is 4.79 Å². The Morgan fingerprint density at radius 2 is 2.06 bits per heavy atom. The van der Waals surface area contributed by atoms with Crippen molar-refractivity contribution in [3.63, 3.8) is 0 Å². The van der Waals surface area contributed by atoms with E-state index >= 15 is 0 Å². The van der Waals surface area contributed by atoms with Gasteiger partial charge in [-0.1, -0.05) is 18.5 Å². The van der Waals surface area contributed by atoms with Crippen LogP contribution in [0.2, 0.25) is 5.02 Å². The number of aliphatic carboxylic acids is 1. The molecule has 86 valence electrons. The summed E-state index contributed by atoms with van der Waals surface area (Å²) in [5.74, 6) is -2.02. The van der Waals surface area contributed by atoms with Crippen LogP contribution < -0.4 is 4.74 Å². The van der Waals surface area contributed by atoms with Crippen LogP contribution in [0, 0.1) is 0 Å². The van der Waals surface area contributed by atoms with Crippen LogP contribution in [-0.4, -0.2) is 24.0 Å². The highest BCUT2D eigenvalue weighted by atomic mass is 35.5. The van der Waals surface area contributed by atoms with Gasteiger partial charge in [-0.2, -0.15) is 0 Å². The number of ketones is 1. The zero-order valence-electron chi connectivity index (χ0n) is 8.91. The third-order valence-electron chi connectivity index (χ3n) is 2.20. The van der Waals surface area contributed by atoms with Crippen molar-refractivity contribution in [3.05, 3.63) is 28.3 Å². The number of carbonyl (C=O) groups is 2. The first kappa shape index (κ1) is 12.5. The van der Waals surface area contributed by atoms with E-state index in [1.54, 1.807) is 6.07 Å². The number of hydrogen-bond donors (Lipinski definition) is 1. The average molecular weight is 243 g/mol. The van der Waals surface area contributed by atoms with Crippen LogP contribution in [-0.2, 0) is 11.2 Å². The highest BCUT2D eigenvalue weighted by molar-refractivity contribution is 6.41. The molecule has 0 unspecified atom stereocenters. The van der Waals surface area contributed by atoms with Crippen molar-refractivity contribution in [1.82, 2.24) is 0 Å². The second-order valence-electron chi connectivity index (χ2n) is 3.13. The van der Waals surface area contributed by atoms with Crippen molar-refractivity contribution in [2.24, 2.45) is 0 Å². The van der Waals surface area contributed by atoms with E-state index in [0.717, 1.165) is 0 Å². The summed E-state index contributed by atoms with van der Waals surface area (Å²) in [6.07, 6.45) is 0.530. The van der Waals surface area contributed by atoms with E-state index < -0.39 is 11.8 Å². The lowest BCUT2D eigenvalue weighted by atomic mass is 10.0. The van der Waals surface area contributed by atoms with Gasteiger partial charge in [0.2, 0.25) is 0 Å². The lowest BCUT2D eigenvalue weighted by molar-refractivity contribution is -0.131. The molecule has 0 saturated carbocycles. The maximum absolute atomic E-state index is 11.4. The molecule has 0 aliphatic carbocycles. The van der Waals surface area contributed by atoms with Gasteiger partial charge >= 0.3 is 5.97 Å². The average Bonchev–Trinajstić information content (AvgIpc) is 2.27. The molecule has 0 aliphatic rings. The first-order valence-electron chi connectivity index (χ1n) is 4.65. The number of halogens is 1. The van der Waals surface area contributed by atoms with Crippen LogP contribution in [0.4, 0.5) is 0 Å². The zero-order chi connectivity index (χ0) is 12.3. The molecule has 0 atom stereocenters. The van der Waals surface area contributed by atoms with Crippen molar-refractivity contribution >= 4 is 23.4 Å². The lowest BCUT2D eigenvalue weighted by Crippen LogP contribution is -2.15. The van der Waals surface area contributed by atoms with E-state index in [9.17, 15) is 9.59 Å². The SMILES string of the molecule is CCc1cc(OC)c(Cl)cc1C(=O)C(=O)O. The summed E-state index contributed by atoms with van der Waals surface area (Å²) in [6.45, 7) is 1.82. The molecule has 0 saturated heterocycles. The molecule has 5 heteroatoms. The quantitative estimate of drug-likeness (QED) is 0.649. The molecule has 1 aromatic rings. The molecule has 0 spiro atoms. The fraction of sp³-hybridized carbons (Fsp3) is 0.273. The Labute approximate surface area is 97.8 Å². The Hall–Kier alpha value is -1.55. The van der Waals surface area contributed by atoms with E-state index in [1.165, 1.54) is 13.2 Å². The van der Waals surface area contributed by atoms with Gasteiger partial charge in [0.25, 0.3) is 5.78 Å². The molecule has 4 nitrogen and oxygen atoms in total. The van der Waals surface area contributed by atoms with Gasteiger partial charge in [0.1, 0.15) is 5.75 Å². The molecular weight excluding hydrogens is 232 g/mol. The van der Waals surface area contributed by atoms with Crippen molar-refractivity contribution in [2.45, 2.75) is 13.3 Å². The fourth-order valence-corrected chi connectivity index (χ4v) is 1.61. The van der Waals surface area contributed by atoms with E-state index in [0.29, 0.717) is 17.7 Å². The van der Waals surface area contributed by atoms with E-state index in [4.69, 9.17) is 21.4 Å². The molecule has 0 radical (unpaired) electrons. The Morgan fingerprint density at radius 3 is 2.50 bits per heavy atom. The summed E-state index contributed by atoms with van der Waals surface area (Å²) < 4.78 is 4.99. The number of aryl methyl sites for hydroxylation is 1. The Balaban J connectivity index is 3.34.